The van der Waals surface area contributed by atoms with Gasteiger partial charge >= 0.3 is 17.9 Å². The largest absolute Gasteiger partial charge is 0.508 e. The maximum Gasteiger partial charge on any atom is 0.326 e. The number of phenolic OH excluding ortho intramolecular Hbond substituents is 1. The number of benzene rings is 2. The van der Waals surface area contributed by atoms with Crippen LogP contribution in [0, 0.1) is 0 Å². The molecule has 0 saturated carbocycles. The maximum atomic E-state index is 12.9. The topological polar surface area (TPSA) is 245 Å². The SMILES string of the molecule is NC(Cc1ccc(O)cc1)C(=O)NC(CC(=O)O)C(=O)NC(CC(=O)O)C(=O)NC(Cc1ccccc1)C(=O)O. The molecule has 0 aliphatic rings. The van der Waals surface area contributed by atoms with Crippen LogP contribution in [0.4, 0.5) is 0 Å². The van der Waals surface area contributed by atoms with Crippen LogP contribution in [-0.2, 0) is 41.6 Å². The number of aromatic hydroxyl groups is 1. The van der Waals surface area contributed by atoms with E-state index >= 15 is 0 Å². The number of hydrogen-bond acceptors (Lipinski definition) is 8. The van der Waals surface area contributed by atoms with Gasteiger partial charge in [-0.2, -0.15) is 0 Å². The number of amides is 3. The number of nitrogens with one attached hydrogen (secondary N) is 3. The molecule has 0 bridgehead atoms. The Bertz CT molecular complexity index is 1220. The first kappa shape index (κ1) is 31.2. The molecule has 0 heterocycles. The molecule has 4 unspecified atom stereocenters. The Hall–Kier alpha value is -4.98. The first-order valence-electron chi connectivity index (χ1n) is 12.0. The third-order valence-electron chi connectivity index (χ3n) is 5.65. The van der Waals surface area contributed by atoms with Crippen LogP contribution < -0.4 is 21.7 Å². The fourth-order valence-electron chi connectivity index (χ4n) is 3.62. The molecule has 2 aromatic carbocycles. The number of carbonyl (C=O) groups is 6. The molecule has 0 saturated heterocycles. The van der Waals surface area contributed by atoms with Gasteiger partial charge in [-0.25, -0.2) is 4.79 Å². The summed E-state index contributed by atoms with van der Waals surface area (Å²) in [5, 5.41) is 43.8. The van der Waals surface area contributed by atoms with E-state index in [1.165, 1.54) is 24.3 Å². The molecule has 3 amide bonds. The predicted molar refractivity (Wildman–Crippen MR) is 138 cm³/mol. The van der Waals surface area contributed by atoms with Gasteiger partial charge in [0, 0.05) is 6.42 Å². The molecular weight excluding hydrogens is 528 g/mol. The van der Waals surface area contributed by atoms with Gasteiger partial charge in [-0.3, -0.25) is 24.0 Å². The number of nitrogens with two attached hydrogens (primary N) is 1. The van der Waals surface area contributed by atoms with Crippen LogP contribution in [0.15, 0.2) is 54.6 Å². The van der Waals surface area contributed by atoms with Crippen molar-refractivity contribution in [1.82, 2.24) is 16.0 Å². The minimum absolute atomic E-state index is 0.00494. The number of hydrogen-bond donors (Lipinski definition) is 8. The van der Waals surface area contributed by atoms with E-state index in [2.05, 4.69) is 16.0 Å². The minimum Gasteiger partial charge on any atom is -0.508 e. The predicted octanol–water partition coefficient (Wildman–Crippen LogP) is -1.01. The standard InChI is InChI=1S/C26H30N4O10/c27-17(10-15-6-8-16(31)9-7-15)23(36)28-18(12-21(32)33)24(37)29-19(13-22(34)35)25(38)30-20(26(39)40)11-14-4-2-1-3-5-14/h1-9,17-20,31H,10-13,27H2,(H,28,36)(H,29,37)(H,30,38)(H,32,33)(H,34,35)(H,39,40). The van der Waals surface area contributed by atoms with Gasteiger partial charge in [0.2, 0.25) is 17.7 Å². The zero-order valence-electron chi connectivity index (χ0n) is 21.1. The van der Waals surface area contributed by atoms with Crippen LogP contribution in [0.2, 0.25) is 0 Å². The highest BCUT2D eigenvalue weighted by Gasteiger charge is 2.32. The van der Waals surface area contributed by atoms with Crippen molar-refractivity contribution >= 4 is 35.6 Å². The molecule has 214 valence electrons. The van der Waals surface area contributed by atoms with Gasteiger partial charge in [0.05, 0.1) is 18.9 Å². The first-order valence-corrected chi connectivity index (χ1v) is 12.0. The second kappa shape index (κ2) is 14.8. The highest BCUT2D eigenvalue weighted by atomic mass is 16.4. The van der Waals surface area contributed by atoms with Crippen molar-refractivity contribution in [2.75, 3.05) is 0 Å². The highest BCUT2D eigenvalue weighted by molar-refractivity contribution is 5.96. The third kappa shape index (κ3) is 10.4. The average molecular weight is 559 g/mol. The zero-order valence-corrected chi connectivity index (χ0v) is 21.1. The number of carbonyl (C=O) groups excluding carboxylic acids is 3. The second-order valence-electron chi connectivity index (χ2n) is 8.88. The van der Waals surface area contributed by atoms with Gasteiger partial charge in [-0.15, -0.1) is 0 Å². The first-order chi connectivity index (χ1) is 18.8. The van der Waals surface area contributed by atoms with Crippen molar-refractivity contribution in [2.45, 2.75) is 49.9 Å². The van der Waals surface area contributed by atoms with Crippen LogP contribution >= 0.6 is 0 Å². The molecular formula is C26H30N4O10. The Morgan fingerprint density at radius 2 is 1.07 bits per heavy atom. The van der Waals surface area contributed by atoms with Crippen molar-refractivity contribution in [3.05, 3.63) is 65.7 Å². The molecule has 0 radical (unpaired) electrons. The van der Waals surface area contributed by atoms with Crippen molar-refractivity contribution in [2.24, 2.45) is 5.73 Å². The molecule has 0 fully saturated rings. The van der Waals surface area contributed by atoms with Crippen LogP contribution in [0.3, 0.4) is 0 Å². The lowest BCUT2D eigenvalue weighted by Gasteiger charge is -2.24. The lowest BCUT2D eigenvalue weighted by Crippen LogP contribution is -2.58. The van der Waals surface area contributed by atoms with Gasteiger partial charge < -0.3 is 42.1 Å². The number of rotatable bonds is 15. The fourth-order valence-corrected chi connectivity index (χ4v) is 3.62. The summed E-state index contributed by atoms with van der Waals surface area (Å²) in [5.41, 5.74) is 7.02. The van der Waals surface area contributed by atoms with E-state index < -0.39 is 72.6 Å². The second-order valence-corrected chi connectivity index (χ2v) is 8.88. The van der Waals surface area contributed by atoms with Crippen LogP contribution in [0.5, 0.6) is 5.75 Å². The molecule has 14 heteroatoms. The van der Waals surface area contributed by atoms with E-state index in [4.69, 9.17) is 5.73 Å². The summed E-state index contributed by atoms with van der Waals surface area (Å²) in [6.07, 6.45) is -2.03. The van der Waals surface area contributed by atoms with Gasteiger partial charge in [-0.1, -0.05) is 42.5 Å². The number of phenols is 1. The van der Waals surface area contributed by atoms with Gasteiger partial charge in [0.25, 0.3) is 0 Å². The molecule has 4 atom stereocenters. The molecule has 0 spiro atoms. The van der Waals surface area contributed by atoms with Gasteiger partial charge in [0.1, 0.15) is 23.9 Å². The Morgan fingerprint density at radius 3 is 1.55 bits per heavy atom. The Morgan fingerprint density at radius 1 is 0.625 bits per heavy atom. The number of aliphatic carboxylic acids is 3. The number of carboxylic acid groups (broad SMARTS) is 3. The summed E-state index contributed by atoms with van der Waals surface area (Å²) < 4.78 is 0. The smallest absolute Gasteiger partial charge is 0.326 e. The molecule has 0 aromatic heterocycles. The Kier molecular flexibility index (Phi) is 11.6. The van der Waals surface area contributed by atoms with Crippen molar-refractivity contribution in [1.29, 1.82) is 0 Å². The van der Waals surface area contributed by atoms with E-state index in [0.717, 1.165) is 0 Å². The molecule has 9 N–H and O–H groups in total. The number of carboxylic acids is 3. The zero-order chi connectivity index (χ0) is 29.8. The summed E-state index contributed by atoms with van der Waals surface area (Å²) in [7, 11) is 0. The summed E-state index contributed by atoms with van der Waals surface area (Å²) in [6, 6.07) is 7.87. The van der Waals surface area contributed by atoms with E-state index in [1.807, 2.05) is 0 Å². The molecule has 0 aliphatic heterocycles. The van der Waals surface area contributed by atoms with Crippen molar-refractivity contribution in [3.8, 4) is 5.75 Å². The summed E-state index contributed by atoms with van der Waals surface area (Å²) in [6.45, 7) is 0. The Balaban J connectivity index is 2.13. The Labute approximate surface area is 228 Å². The van der Waals surface area contributed by atoms with E-state index in [9.17, 15) is 49.2 Å². The van der Waals surface area contributed by atoms with Crippen LogP contribution in [-0.4, -0.2) is 80.2 Å². The molecule has 2 rings (SSSR count). The summed E-state index contributed by atoms with van der Waals surface area (Å²) in [4.78, 5) is 72.8. The van der Waals surface area contributed by atoms with E-state index in [0.29, 0.717) is 11.1 Å². The fraction of sp³-hybridized carbons (Fsp3) is 0.308. The lowest BCUT2D eigenvalue weighted by atomic mass is 10.0. The van der Waals surface area contributed by atoms with Crippen LogP contribution in [0.25, 0.3) is 0 Å². The molecule has 40 heavy (non-hydrogen) atoms. The van der Waals surface area contributed by atoms with Crippen molar-refractivity contribution in [3.63, 3.8) is 0 Å². The minimum atomic E-state index is -1.79. The summed E-state index contributed by atoms with van der Waals surface area (Å²) >= 11 is 0. The normalized spacial score (nSPS) is 13.6. The lowest BCUT2D eigenvalue weighted by molar-refractivity contribution is -0.145. The van der Waals surface area contributed by atoms with Crippen molar-refractivity contribution < 1.29 is 49.2 Å². The monoisotopic (exact) mass is 558 g/mol. The van der Waals surface area contributed by atoms with Gasteiger partial charge in [0.15, 0.2) is 0 Å². The van der Waals surface area contributed by atoms with Crippen LogP contribution in [0.1, 0.15) is 24.0 Å². The highest BCUT2D eigenvalue weighted by Crippen LogP contribution is 2.11. The third-order valence-corrected chi connectivity index (χ3v) is 5.65. The van der Waals surface area contributed by atoms with Gasteiger partial charge in [-0.05, 0) is 29.7 Å². The van der Waals surface area contributed by atoms with E-state index in [1.54, 1.807) is 30.3 Å². The molecule has 0 aliphatic carbocycles. The van der Waals surface area contributed by atoms with E-state index in [-0.39, 0.29) is 18.6 Å². The molecule has 14 nitrogen and oxygen atoms in total. The summed E-state index contributed by atoms with van der Waals surface area (Å²) in [5.74, 6) is -7.63. The molecule has 2 aromatic rings. The average Bonchev–Trinajstić information content (AvgIpc) is 2.88. The maximum absolute atomic E-state index is 12.9. The quantitative estimate of drug-likeness (QED) is 0.132.